The van der Waals surface area contributed by atoms with Crippen molar-refractivity contribution < 1.29 is 5.11 Å². The number of anilines is 1. The summed E-state index contributed by atoms with van der Waals surface area (Å²) in [6.45, 7) is 1.91. The van der Waals surface area contributed by atoms with Crippen LogP contribution in [0, 0.1) is 6.92 Å². The molecule has 0 aromatic heterocycles. The lowest BCUT2D eigenvalue weighted by molar-refractivity contribution is 0.471. The third-order valence-corrected chi connectivity index (χ3v) is 3.48. The van der Waals surface area contributed by atoms with Crippen LogP contribution in [0.4, 0.5) is 5.69 Å². The lowest BCUT2D eigenvalue weighted by Crippen LogP contribution is -2.33. The average Bonchev–Trinajstić information content (AvgIpc) is 2.04. The third-order valence-electron chi connectivity index (χ3n) is 2.21. The second-order valence-electron chi connectivity index (χ2n) is 3.38. The second kappa shape index (κ2) is 3.50. The van der Waals surface area contributed by atoms with E-state index in [1.54, 1.807) is 6.07 Å². The zero-order valence-electron chi connectivity index (χ0n) is 7.58. The van der Waals surface area contributed by atoms with E-state index in [-0.39, 0.29) is 0 Å². The zero-order chi connectivity index (χ0) is 9.26. The fourth-order valence-corrected chi connectivity index (χ4v) is 1.94. The maximum Gasteiger partial charge on any atom is 0.118 e. The third kappa shape index (κ3) is 1.91. The van der Waals surface area contributed by atoms with Crippen molar-refractivity contribution >= 4 is 17.4 Å². The molecular weight excluding hydrogens is 182 g/mol. The Hall–Kier alpha value is -0.830. The van der Waals surface area contributed by atoms with Gasteiger partial charge in [0.25, 0.3) is 0 Å². The van der Waals surface area contributed by atoms with Gasteiger partial charge in [0.1, 0.15) is 5.75 Å². The van der Waals surface area contributed by atoms with Crippen molar-refractivity contribution in [3.8, 4) is 5.75 Å². The Morgan fingerprint density at radius 2 is 2.23 bits per heavy atom. The Balaban J connectivity index is 2.07. The quantitative estimate of drug-likeness (QED) is 0.710. The topological polar surface area (TPSA) is 32.3 Å². The van der Waals surface area contributed by atoms with E-state index in [1.807, 2.05) is 30.8 Å². The van der Waals surface area contributed by atoms with E-state index in [1.165, 1.54) is 11.5 Å². The number of thioether (sulfide) groups is 1. The summed E-state index contributed by atoms with van der Waals surface area (Å²) >= 11 is 1.96. The van der Waals surface area contributed by atoms with Crippen LogP contribution in [0.25, 0.3) is 0 Å². The number of phenolic OH excluding ortho intramolecular Hbond substituents is 1. The van der Waals surface area contributed by atoms with Crippen molar-refractivity contribution in [2.75, 3.05) is 16.8 Å². The molecule has 70 valence electrons. The molecular formula is C10H13NOS. The van der Waals surface area contributed by atoms with Crippen LogP contribution < -0.4 is 5.32 Å². The molecule has 2 rings (SSSR count). The van der Waals surface area contributed by atoms with Crippen molar-refractivity contribution in [1.29, 1.82) is 0 Å². The molecule has 0 atom stereocenters. The molecule has 0 saturated carbocycles. The van der Waals surface area contributed by atoms with Gasteiger partial charge in [0, 0.05) is 23.2 Å². The monoisotopic (exact) mass is 195 g/mol. The van der Waals surface area contributed by atoms with Gasteiger partial charge in [-0.2, -0.15) is 11.8 Å². The number of hydrogen-bond donors (Lipinski definition) is 2. The van der Waals surface area contributed by atoms with Gasteiger partial charge in [-0.1, -0.05) is 0 Å². The Bertz CT molecular complexity index is 310. The largest absolute Gasteiger partial charge is 0.508 e. The molecule has 0 bridgehead atoms. The van der Waals surface area contributed by atoms with E-state index >= 15 is 0 Å². The number of aromatic hydroxyl groups is 1. The number of aryl methyl sites for hydroxylation is 1. The highest BCUT2D eigenvalue weighted by molar-refractivity contribution is 8.00. The van der Waals surface area contributed by atoms with E-state index in [2.05, 4.69) is 5.32 Å². The molecule has 1 aliphatic rings. The summed E-state index contributed by atoms with van der Waals surface area (Å²) in [5.41, 5.74) is 2.04. The summed E-state index contributed by atoms with van der Waals surface area (Å²) < 4.78 is 0. The van der Waals surface area contributed by atoms with Gasteiger partial charge in [0.15, 0.2) is 0 Å². The Labute approximate surface area is 82.4 Å². The minimum absolute atomic E-state index is 0.369. The van der Waals surface area contributed by atoms with Crippen molar-refractivity contribution in [2.24, 2.45) is 0 Å². The van der Waals surface area contributed by atoms with Crippen LogP contribution in [0.1, 0.15) is 5.56 Å². The van der Waals surface area contributed by atoms with Gasteiger partial charge in [-0.05, 0) is 30.7 Å². The summed E-state index contributed by atoms with van der Waals surface area (Å²) in [4.78, 5) is 0. The normalized spacial score (nSPS) is 16.7. The fourth-order valence-electron chi connectivity index (χ4n) is 1.30. The SMILES string of the molecule is Cc1cc(NC2CSC2)ccc1O. The summed E-state index contributed by atoms with van der Waals surface area (Å²) in [5, 5.41) is 12.7. The van der Waals surface area contributed by atoms with Crippen molar-refractivity contribution in [3.63, 3.8) is 0 Å². The highest BCUT2D eigenvalue weighted by Gasteiger charge is 2.17. The van der Waals surface area contributed by atoms with E-state index in [0.29, 0.717) is 11.8 Å². The molecule has 0 radical (unpaired) electrons. The molecule has 0 unspecified atom stereocenters. The summed E-state index contributed by atoms with van der Waals surface area (Å²) in [5.74, 6) is 2.76. The minimum Gasteiger partial charge on any atom is -0.508 e. The molecule has 1 saturated heterocycles. The van der Waals surface area contributed by atoms with Crippen LogP contribution >= 0.6 is 11.8 Å². The van der Waals surface area contributed by atoms with Gasteiger partial charge in [0.2, 0.25) is 0 Å². The Morgan fingerprint density at radius 1 is 1.46 bits per heavy atom. The minimum atomic E-state index is 0.369. The van der Waals surface area contributed by atoms with Crippen molar-refractivity contribution in [2.45, 2.75) is 13.0 Å². The zero-order valence-corrected chi connectivity index (χ0v) is 8.40. The lowest BCUT2D eigenvalue weighted by Gasteiger charge is -2.27. The van der Waals surface area contributed by atoms with Gasteiger partial charge in [-0.3, -0.25) is 0 Å². The van der Waals surface area contributed by atoms with Crippen LogP contribution in [0.2, 0.25) is 0 Å². The molecule has 1 aromatic rings. The first-order valence-electron chi connectivity index (χ1n) is 4.39. The predicted octanol–water partition coefficient (Wildman–Crippen LogP) is 2.23. The van der Waals surface area contributed by atoms with Gasteiger partial charge < -0.3 is 10.4 Å². The molecule has 0 amide bonds. The van der Waals surface area contributed by atoms with E-state index in [0.717, 1.165) is 11.3 Å². The lowest BCUT2D eigenvalue weighted by atomic mass is 10.2. The van der Waals surface area contributed by atoms with Crippen LogP contribution in [-0.4, -0.2) is 22.7 Å². The fraction of sp³-hybridized carbons (Fsp3) is 0.400. The smallest absolute Gasteiger partial charge is 0.118 e. The second-order valence-corrected chi connectivity index (χ2v) is 4.45. The maximum absolute atomic E-state index is 9.32. The molecule has 1 fully saturated rings. The number of phenols is 1. The van der Waals surface area contributed by atoms with Crippen LogP contribution in [0.15, 0.2) is 18.2 Å². The molecule has 3 heteroatoms. The van der Waals surface area contributed by atoms with E-state index in [4.69, 9.17) is 0 Å². The van der Waals surface area contributed by atoms with Gasteiger partial charge in [-0.25, -0.2) is 0 Å². The summed E-state index contributed by atoms with van der Waals surface area (Å²) in [7, 11) is 0. The number of nitrogens with one attached hydrogen (secondary N) is 1. The van der Waals surface area contributed by atoms with Crippen LogP contribution in [0.3, 0.4) is 0 Å². The molecule has 2 nitrogen and oxygen atoms in total. The van der Waals surface area contributed by atoms with Gasteiger partial charge in [0.05, 0.1) is 0 Å². The average molecular weight is 195 g/mol. The number of benzene rings is 1. The molecule has 1 aromatic carbocycles. The molecule has 1 heterocycles. The van der Waals surface area contributed by atoms with Crippen molar-refractivity contribution in [1.82, 2.24) is 0 Å². The Morgan fingerprint density at radius 3 is 2.77 bits per heavy atom. The molecule has 0 spiro atoms. The first-order chi connectivity index (χ1) is 6.25. The standard InChI is InChI=1S/C10H13NOS/c1-7-4-8(2-3-10(7)12)11-9-5-13-6-9/h2-4,9,11-12H,5-6H2,1H3. The van der Waals surface area contributed by atoms with E-state index in [9.17, 15) is 5.11 Å². The molecule has 13 heavy (non-hydrogen) atoms. The summed E-state index contributed by atoms with van der Waals surface area (Å²) in [6.07, 6.45) is 0. The highest BCUT2D eigenvalue weighted by atomic mass is 32.2. The summed E-state index contributed by atoms with van der Waals surface area (Å²) in [6, 6.07) is 6.27. The number of rotatable bonds is 2. The van der Waals surface area contributed by atoms with Gasteiger partial charge in [-0.15, -0.1) is 0 Å². The van der Waals surface area contributed by atoms with Gasteiger partial charge >= 0.3 is 0 Å². The Kier molecular flexibility index (Phi) is 2.36. The van der Waals surface area contributed by atoms with Crippen LogP contribution in [0.5, 0.6) is 5.75 Å². The highest BCUT2D eigenvalue weighted by Crippen LogP contribution is 2.25. The van der Waals surface area contributed by atoms with Crippen molar-refractivity contribution in [3.05, 3.63) is 23.8 Å². The first-order valence-corrected chi connectivity index (χ1v) is 5.55. The number of hydrogen-bond acceptors (Lipinski definition) is 3. The maximum atomic E-state index is 9.32. The molecule has 2 N–H and O–H groups in total. The molecule has 0 aliphatic carbocycles. The first kappa shape index (κ1) is 8.75. The molecule has 1 aliphatic heterocycles. The predicted molar refractivity (Wildman–Crippen MR) is 57.6 cm³/mol. The van der Waals surface area contributed by atoms with Crippen LogP contribution in [-0.2, 0) is 0 Å². The van der Waals surface area contributed by atoms with E-state index < -0.39 is 0 Å².